The van der Waals surface area contributed by atoms with Crippen LogP contribution in [0.2, 0.25) is 0 Å². The number of anilines is 1. The number of carbonyl (C=O) groups is 2. The summed E-state index contributed by atoms with van der Waals surface area (Å²) in [5.41, 5.74) is 3.52. The summed E-state index contributed by atoms with van der Waals surface area (Å²) in [6.45, 7) is 7.96. The quantitative estimate of drug-likeness (QED) is 0.617. The highest BCUT2D eigenvalue weighted by Gasteiger charge is 2.32. The summed E-state index contributed by atoms with van der Waals surface area (Å²) < 4.78 is 1.85. The zero-order valence-electron chi connectivity index (χ0n) is 18.4. The Morgan fingerprint density at radius 1 is 1.16 bits per heavy atom. The van der Waals surface area contributed by atoms with E-state index in [1.807, 2.05) is 61.9 Å². The summed E-state index contributed by atoms with van der Waals surface area (Å²) in [6.07, 6.45) is 3.47. The number of aromatic nitrogens is 3. The van der Waals surface area contributed by atoms with E-state index in [0.29, 0.717) is 31.0 Å². The van der Waals surface area contributed by atoms with E-state index < -0.39 is 5.97 Å². The van der Waals surface area contributed by atoms with Crippen LogP contribution in [-0.2, 0) is 16.9 Å². The van der Waals surface area contributed by atoms with Crippen LogP contribution in [0.15, 0.2) is 54.9 Å². The van der Waals surface area contributed by atoms with Gasteiger partial charge in [-0.3, -0.25) is 24.2 Å². The molecular formula is C24H27N5O3. The third kappa shape index (κ3) is 4.70. The lowest BCUT2D eigenvalue weighted by atomic mass is 9.99. The van der Waals surface area contributed by atoms with Gasteiger partial charge in [0.1, 0.15) is 0 Å². The van der Waals surface area contributed by atoms with Gasteiger partial charge in [-0.25, -0.2) is 0 Å². The van der Waals surface area contributed by atoms with Crippen molar-refractivity contribution in [3.8, 4) is 11.3 Å². The fourth-order valence-electron chi connectivity index (χ4n) is 3.73. The number of carboxylic acids is 1. The van der Waals surface area contributed by atoms with Gasteiger partial charge < -0.3 is 10.4 Å². The largest absolute Gasteiger partial charge is 0.481 e. The molecule has 0 atom stereocenters. The number of benzene rings is 1. The van der Waals surface area contributed by atoms with Crippen LogP contribution in [0, 0.1) is 5.92 Å². The molecule has 4 rings (SSSR count). The Morgan fingerprint density at radius 3 is 2.47 bits per heavy atom. The van der Waals surface area contributed by atoms with Gasteiger partial charge in [-0.1, -0.05) is 12.1 Å². The van der Waals surface area contributed by atoms with Gasteiger partial charge >= 0.3 is 5.97 Å². The average Bonchev–Trinajstić information content (AvgIpc) is 3.18. The Balaban J connectivity index is 1.45. The smallest absolute Gasteiger partial charge is 0.309 e. The van der Waals surface area contributed by atoms with Crippen molar-refractivity contribution in [2.75, 3.05) is 18.4 Å². The molecule has 0 aliphatic carbocycles. The summed E-state index contributed by atoms with van der Waals surface area (Å²) in [5.74, 6) is -1.28. The highest BCUT2D eigenvalue weighted by Crippen LogP contribution is 2.26. The summed E-state index contributed by atoms with van der Waals surface area (Å²) in [5, 5.41) is 16.5. The minimum Gasteiger partial charge on any atom is -0.481 e. The molecular weight excluding hydrogens is 406 g/mol. The molecule has 0 unspecified atom stereocenters. The van der Waals surface area contributed by atoms with Gasteiger partial charge in [0.2, 0.25) is 0 Å². The number of rotatable bonds is 6. The Hall–Kier alpha value is -3.52. The molecule has 0 radical (unpaired) electrons. The molecule has 1 amide bonds. The maximum Gasteiger partial charge on any atom is 0.309 e. The molecule has 1 aliphatic heterocycles. The topological polar surface area (TPSA) is 100 Å². The summed E-state index contributed by atoms with van der Waals surface area (Å²) in [7, 11) is 0. The molecule has 8 heteroatoms. The molecule has 0 saturated carbocycles. The van der Waals surface area contributed by atoms with Gasteiger partial charge in [0.15, 0.2) is 5.69 Å². The number of pyridine rings is 1. The van der Waals surface area contributed by atoms with Crippen LogP contribution in [0.3, 0.4) is 0 Å². The number of hydrogen-bond donors (Lipinski definition) is 2. The van der Waals surface area contributed by atoms with Crippen molar-refractivity contribution >= 4 is 17.6 Å². The Bertz CT molecular complexity index is 1110. The van der Waals surface area contributed by atoms with Crippen molar-refractivity contribution in [1.82, 2.24) is 19.7 Å². The number of hydrogen-bond acceptors (Lipinski definition) is 5. The molecule has 1 fully saturated rings. The molecule has 32 heavy (non-hydrogen) atoms. The van der Waals surface area contributed by atoms with E-state index in [0.717, 1.165) is 16.8 Å². The van der Waals surface area contributed by atoms with E-state index in [9.17, 15) is 9.59 Å². The zero-order valence-corrected chi connectivity index (χ0v) is 18.4. The lowest BCUT2D eigenvalue weighted by Gasteiger charge is -2.36. The molecule has 3 aromatic rings. The van der Waals surface area contributed by atoms with Crippen LogP contribution >= 0.6 is 0 Å². The number of nitrogens with zero attached hydrogens (tertiary/aromatic N) is 4. The third-order valence-corrected chi connectivity index (χ3v) is 5.46. The average molecular weight is 434 g/mol. The first-order chi connectivity index (χ1) is 15.2. The van der Waals surface area contributed by atoms with Gasteiger partial charge in [0, 0.05) is 43.3 Å². The molecule has 0 bridgehead atoms. The minimum absolute atomic E-state index is 0.266. The van der Waals surface area contributed by atoms with Gasteiger partial charge in [-0.2, -0.15) is 5.10 Å². The summed E-state index contributed by atoms with van der Waals surface area (Å²) in [4.78, 5) is 30.1. The second-order valence-corrected chi connectivity index (χ2v) is 9.12. The molecule has 2 N–H and O–H groups in total. The fourth-order valence-corrected chi connectivity index (χ4v) is 3.73. The monoisotopic (exact) mass is 433 g/mol. The van der Waals surface area contributed by atoms with Crippen LogP contribution in [0.4, 0.5) is 5.69 Å². The van der Waals surface area contributed by atoms with Gasteiger partial charge in [-0.15, -0.1) is 0 Å². The highest BCUT2D eigenvalue weighted by atomic mass is 16.4. The highest BCUT2D eigenvalue weighted by molar-refractivity contribution is 6.03. The fraction of sp³-hybridized carbons (Fsp3) is 0.333. The predicted molar refractivity (Wildman–Crippen MR) is 121 cm³/mol. The van der Waals surface area contributed by atoms with E-state index in [1.165, 1.54) is 0 Å². The van der Waals surface area contributed by atoms with Gasteiger partial charge in [0.05, 0.1) is 17.2 Å². The first kappa shape index (κ1) is 21.7. The van der Waals surface area contributed by atoms with Gasteiger partial charge in [0.25, 0.3) is 5.91 Å². The Labute approximate surface area is 186 Å². The second-order valence-electron chi connectivity index (χ2n) is 9.12. The normalized spacial score (nSPS) is 14.7. The van der Waals surface area contributed by atoms with Crippen molar-refractivity contribution < 1.29 is 14.7 Å². The summed E-state index contributed by atoms with van der Waals surface area (Å²) in [6, 6.07) is 13.2. The number of aliphatic carboxylic acids is 1. The van der Waals surface area contributed by atoms with Crippen LogP contribution in [-0.4, -0.2) is 49.7 Å². The molecule has 1 saturated heterocycles. The molecule has 0 spiro atoms. The first-order valence-corrected chi connectivity index (χ1v) is 10.6. The second kappa shape index (κ2) is 8.55. The number of amides is 1. The Kier molecular flexibility index (Phi) is 5.80. The molecule has 166 valence electrons. The molecule has 3 heterocycles. The van der Waals surface area contributed by atoms with Gasteiger partial charge in [-0.05, 0) is 56.7 Å². The zero-order chi connectivity index (χ0) is 22.9. The van der Waals surface area contributed by atoms with E-state index in [1.54, 1.807) is 18.5 Å². The number of nitrogens with one attached hydrogen (secondary N) is 1. The lowest BCUT2D eigenvalue weighted by Crippen LogP contribution is -2.49. The van der Waals surface area contributed by atoms with E-state index in [2.05, 4.69) is 20.3 Å². The predicted octanol–water partition coefficient (Wildman–Crippen LogP) is 3.47. The number of likely N-dealkylation sites (tertiary alicyclic amines) is 1. The van der Waals surface area contributed by atoms with E-state index >= 15 is 0 Å². The molecule has 1 aliphatic rings. The SMILES string of the molecule is CC(C)(C)n1nc(C(=O)Nc2ccc(CN3CC(C(=O)O)C3)cc2)cc1-c1cccnc1. The van der Waals surface area contributed by atoms with Crippen LogP contribution < -0.4 is 5.32 Å². The van der Waals surface area contributed by atoms with Crippen LogP contribution in [0.5, 0.6) is 0 Å². The summed E-state index contributed by atoms with van der Waals surface area (Å²) >= 11 is 0. The molecule has 8 nitrogen and oxygen atoms in total. The van der Waals surface area contributed by atoms with Crippen molar-refractivity contribution in [2.45, 2.75) is 32.9 Å². The third-order valence-electron chi connectivity index (χ3n) is 5.46. The van der Waals surface area contributed by atoms with Crippen molar-refractivity contribution in [3.63, 3.8) is 0 Å². The first-order valence-electron chi connectivity index (χ1n) is 10.6. The lowest BCUT2D eigenvalue weighted by molar-refractivity contribution is -0.147. The van der Waals surface area contributed by atoms with Crippen molar-refractivity contribution in [2.24, 2.45) is 5.92 Å². The maximum atomic E-state index is 12.9. The van der Waals surface area contributed by atoms with Crippen molar-refractivity contribution in [1.29, 1.82) is 0 Å². The van der Waals surface area contributed by atoms with Crippen LogP contribution in [0.25, 0.3) is 11.3 Å². The van der Waals surface area contributed by atoms with Crippen LogP contribution in [0.1, 0.15) is 36.8 Å². The van der Waals surface area contributed by atoms with E-state index in [-0.39, 0.29) is 17.4 Å². The van der Waals surface area contributed by atoms with E-state index in [4.69, 9.17) is 5.11 Å². The number of carbonyl (C=O) groups excluding carboxylic acids is 1. The standard InChI is InChI=1S/C24H27N5O3/c1-24(2,3)29-21(17-5-4-10-25-12-17)11-20(27-29)22(30)26-19-8-6-16(7-9-19)13-28-14-18(15-28)23(31)32/h4-12,18H,13-15H2,1-3H3,(H,26,30)(H,31,32). The maximum absolute atomic E-state index is 12.9. The van der Waals surface area contributed by atoms with Crippen molar-refractivity contribution in [3.05, 3.63) is 66.1 Å². The Morgan fingerprint density at radius 2 is 1.88 bits per heavy atom. The molecule has 2 aromatic heterocycles. The minimum atomic E-state index is -0.736. The number of carboxylic acid groups (broad SMARTS) is 1. The molecule has 1 aromatic carbocycles.